The molecule has 1 rings (SSSR count). The van der Waals surface area contributed by atoms with Gasteiger partial charge in [0.15, 0.2) is 0 Å². The number of carbonyl (C=O) groups is 1. The molecule has 0 aliphatic carbocycles. The van der Waals surface area contributed by atoms with Crippen LogP contribution in [-0.4, -0.2) is 17.3 Å². The third kappa shape index (κ3) is 4.91. The van der Waals surface area contributed by atoms with Gasteiger partial charge in [-0.05, 0) is 23.3 Å². The number of hydrogen-bond acceptors (Lipinski definition) is 1. The number of carboxylic acids is 1. The second-order valence-electron chi connectivity index (χ2n) is 3.32. The molecule has 0 unspecified atom stereocenters. The zero-order valence-electron chi connectivity index (χ0n) is 8.46. The van der Waals surface area contributed by atoms with E-state index in [1.165, 1.54) is 24.3 Å². The van der Waals surface area contributed by atoms with Gasteiger partial charge in [0.1, 0.15) is 0 Å². The van der Waals surface area contributed by atoms with Crippen LogP contribution in [0.1, 0.15) is 11.1 Å². The van der Waals surface area contributed by atoms with E-state index < -0.39 is 18.6 Å². The number of carboxylic acid groups (broad SMARTS) is 1. The van der Waals surface area contributed by atoms with E-state index in [1.54, 1.807) is 0 Å². The van der Waals surface area contributed by atoms with E-state index >= 15 is 0 Å². The normalized spacial score (nSPS) is 12.0. The van der Waals surface area contributed by atoms with Gasteiger partial charge in [-0.3, -0.25) is 0 Å². The molecule has 0 amide bonds. The first-order valence-corrected chi connectivity index (χ1v) is 4.92. The molecule has 1 aromatic carbocycles. The van der Waals surface area contributed by atoms with Crippen LogP contribution in [0.5, 0.6) is 0 Å². The summed E-state index contributed by atoms with van der Waals surface area (Å²) in [6, 6.07) is 3.79. The van der Waals surface area contributed by atoms with Crippen LogP contribution in [0.25, 0.3) is 6.08 Å². The lowest BCUT2D eigenvalue weighted by atomic mass is 10.1. The summed E-state index contributed by atoms with van der Waals surface area (Å²) in [5.41, 5.74) is 0.398. The molecule has 0 saturated heterocycles. The van der Waals surface area contributed by atoms with Crippen molar-refractivity contribution in [2.24, 2.45) is 0 Å². The quantitative estimate of drug-likeness (QED) is 0.848. The fourth-order valence-electron chi connectivity index (χ4n) is 1.21. The van der Waals surface area contributed by atoms with Gasteiger partial charge in [-0.25, -0.2) is 4.79 Å². The van der Waals surface area contributed by atoms with Crippen LogP contribution in [-0.2, 0) is 11.2 Å². The first kappa shape index (κ1) is 13.6. The van der Waals surface area contributed by atoms with Crippen molar-refractivity contribution in [1.29, 1.82) is 0 Å². The Kier molecular flexibility index (Phi) is 4.17. The lowest BCUT2D eigenvalue weighted by Crippen LogP contribution is -2.11. The topological polar surface area (TPSA) is 37.3 Å². The van der Waals surface area contributed by atoms with Crippen LogP contribution in [0.3, 0.4) is 0 Å². The van der Waals surface area contributed by atoms with Crippen LogP contribution in [0.4, 0.5) is 13.2 Å². The fraction of sp³-hybridized carbons (Fsp3) is 0.182. The predicted octanol–water partition coefficient (Wildman–Crippen LogP) is 3.54. The third-order valence-corrected chi connectivity index (χ3v) is 2.20. The molecule has 0 heterocycles. The summed E-state index contributed by atoms with van der Waals surface area (Å²) in [5, 5.41) is 8.48. The number of aliphatic carboxylic acids is 1. The van der Waals surface area contributed by atoms with Crippen molar-refractivity contribution in [2.75, 3.05) is 0 Å². The molecule has 17 heavy (non-hydrogen) atoms. The average Bonchev–Trinajstić information content (AvgIpc) is 2.13. The monoisotopic (exact) mass is 264 g/mol. The van der Waals surface area contributed by atoms with Crippen molar-refractivity contribution >= 4 is 23.6 Å². The highest BCUT2D eigenvalue weighted by atomic mass is 35.5. The van der Waals surface area contributed by atoms with Crippen LogP contribution >= 0.6 is 11.6 Å². The SMILES string of the molecule is O=C(O)/C=C/c1ccc(CC(F)(F)F)cc1Cl. The van der Waals surface area contributed by atoms with Crippen LogP contribution in [0, 0.1) is 0 Å². The van der Waals surface area contributed by atoms with Crippen molar-refractivity contribution < 1.29 is 23.1 Å². The van der Waals surface area contributed by atoms with Gasteiger partial charge in [-0.1, -0.05) is 23.7 Å². The van der Waals surface area contributed by atoms with Gasteiger partial charge in [0, 0.05) is 11.1 Å². The summed E-state index contributed by atoms with van der Waals surface area (Å²) in [6.45, 7) is 0. The Morgan fingerprint density at radius 3 is 2.53 bits per heavy atom. The highest BCUT2D eigenvalue weighted by Gasteiger charge is 2.27. The Hall–Kier alpha value is -1.49. The molecule has 0 atom stereocenters. The Balaban J connectivity index is 2.90. The molecule has 92 valence electrons. The third-order valence-electron chi connectivity index (χ3n) is 1.87. The van der Waals surface area contributed by atoms with E-state index in [2.05, 4.69) is 0 Å². The van der Waals surface area contributed by atoms with Crippen LogP contribution in [0.15, 0.2) is 24.3 Å². The minimum Gasteiger partial charge on any atom is -0.478 e. The maximum Gasteiger partial charge on any atom is 0.393 e. The van der Waals surface area contributed by atoms with Gasteiger partial charge < -0.3 is 5.11 Å². The summed E-state index contributed by atoms with van der Waals surface area (Å²) >= 11 is 5.73. The predicted molar refractivity (Wildman–Crippen MR) is 57.9 cm³/mol. The van der Waals surface area contributed by atoms with Gasteiger partial charge in [0.05, 0.1) is 6.42 Å². The van der Waals surface area contributed by atoms with Gasteiger partial charge in [0.2, 0.25) is 0 Å². The molecule has 0 fully saturated rings. The molecule has 2 nitrogen and oxygen atoms in total. The van der Waals surface area contributed by atoms with Crippen molar-refractivity contribution in [3.8, 4) is 0 Å². The van der Waals surface area contributed by atoms with Crippen molar-refractivity contribution in [2.45, 2.75) is 12.6 Å². The summed E-state index contributed by atoms with van der Waals surface area (Å²) < 4.78 is 36.3. The van der Waals surface area contributed by atoms with E-state index in [0.29, 0.717) is 5.56 Å². The lowest BCUT2D eigenvalue weighted by Gasteiger charge is -2.07. The molecule has 1 aromatic rings. The van der Waals surface area contributed by atoms with Crippen LogP contribution < -0.4 is 0 Å². The van der Waals surface area contributed by atoms with Crippen molar-refractivity contribution in [3.05, 3.63) is 40.4 Å². The Bertz CT molecular complexity index is 453. The first-order chi connectivity index (χ1) is 7.78. The van der Waals surface area contributed by atoms with Gasteiger partial charge in [-0.15, -0.1) is 0 Å². The molecule has 0 saturated carbocycles. The smallest absolute Gasteiger partial charge is 0.393 e. The average molecular weight is 265 g/mol. The van der Waals surface area contributed by atoms with Gasteiger partial charge in [0.25, 0.3) is 0 Å². The van der Waals surface area contributed by atoms with Gasteiger partial charge in [-0.2, -0.15) is 13.2 Å². The fourth-order valence-corrected chi connectivity index (χ4v) is 1.47. The number of alkyl halides is 3. The maximum absolute atomic E-state index is 12.1. The second-order valence-corrected chi connectivity index (χ2v) is 3.73. The summed E-state index contributed by atoms with van der Waals surface area (Å²) in [5.74, 6) is -1.15. The Morgan fingerprint density at radius 2 is 2.06 bits per heavy atom. The lowest BCUT2D eigenvalue weighted by molar-refractivity contribution is -0.131. The molecule has 0 bridgehead atoms. The largest absolute Gasteiger partial charge is 0.478 e. The Labute approximate surface area is 100 Å². The second kappa shape index (κ2) is 5.23. The highest BCUT2D eigenvalue weighted by Crippen LogP contribution is 2.25. The molecule has 6 heteroatoms. The minimum atomic E-state index is -4.29. The molecule has 0 aliphatic rings. The molecular formula is C11H8ClF3O2. The number of rotatable bonds is 3. The maximum atomic E-state index is 12.1. The van der Waals surface area contributed by atoms with Crippen molar-refractivity contribution in [3.63, 3.8) is 0 Å². The van der Waals surface area contributed by atoms with E-state index in [-0.39, 0.29) is 10.6 Å². The molecule has 0 spiro atoms. The molecule has 0 aromatic heterocycles. The zero-order valence-corrected chi connectivity index (χ0v) is 9.22. The van der Waals surface area contributed by atoms with E-state index in [0.717, 1.165) is 6.08 Å². The summed E-state index contributed by atoms with van der Waals surface area (Å²) in [4.78, 5) is 10.3. The molecule has 0 aliphatic heterocycles. The molecule has 0 radical (unpaired) electrons. The number of benzene rings is 1. The standard InChI is InChI=1S/C11H8ClF3O2/c12-9-5-7(6-11(13,14)15)1-2-8(9)3-4-10(16)17/h1-5H,6H2,(H,16,17)/b4-3+. The van der Waals surface area contributed by atoms with Crippen LogP contribution in [0.2, 0.25) is 5.02 Å². The van der Waals surface area contributed by atoms with E-state index in [4.69, 9.17) is 16.7 Å². The summed E-state index contributed by atoms with van der Waals surface area (Å²) in [6.07, 6.45) is -3.26. The minimum absolute atomic E-state index is 0.0370. The number of halogens is 4. The van der Waals surface area contributed by atoms with Crippen molar-refractivity contribution in [1.82, 2.24) is 0 Å². The zero-order chi connectivity index (χ0) is 13.1. The first-order valence-electron chi connectivity index (χ1n) is 4.54. The number of hydrogen-bond donors (Lipinski definition) is 1. The van der Waals surface area contributed by atoms with E-state index in [1.807, 2.05) is 0 Å². The van der Waals surface area contributed by atoms with E-state index in [9.17, 15) is 18.0 Å². The molecule has 1 N–H and O–H groups in total. The Morgan fingerprint density at radius 1 is 1.41 bits per heavy atom. The summed E-state index contributed by atoms with van der Waals surface area (Å²) in [7, 11) is 0. The highest BCUT2D eigenvalue weighted by molar-refractivity contribution is 6.32. The van der Waals surface area contributed by atoms with Gasteiger partial charge >= 0.3 is 12.1 Å². The molecular weight excluding hydrogens is 257 g/mol.